The van der Waals surface area contributed by atoms with Gasteiger partial charge in [-0.25, -0.2) is 0 Å². The molecule has 2 fully saturated rings. The highest BCUT2D eigenvalue weighted by Crippen LogP contribution is 2.34. The van der Waals surface area contributed by atoms with Gasteiger partial charge in [-0.2, -0.15) is 13.2 Å². The fourth-order valence-electron chi connectivity index (χ4n) is 3.17. The molecule has 2 heterocycles. The Morgan fingerprint density at radius 2 is 2.05 bits per heavy atom. The molecule has 126 valence electrons. The van der Waals surface area contributed by atoms with Gasteiger partial charge in [0.05, 0.1) is 25.5 Å². The molecule has 2 aliphatic heterocycles. The minimum atomic E-state index is -4.20. The van der Waals surface area contributed by atoms with Gasteiger partial charge < -0.3 is 9.64 Å². The summed E-state index contributed by atoms with van der Waals surface area (Å²) in [6.07, 6.45) is -2.99. The third-order valence-electron chi connectivity index (χ3n) is 4.44. The minimum absolute atomic E-state index is 0.106. The molecule has 5 nitrogen and oxygen atoms in total. The van der Waals surface area contributed by atoms with Gasteiger partial charge in [-0.3, -0.25) is 14.5 Å². The zero-order valence-corrected chi connectivity index (χ0v) is 12.6. The van der Waals surface area contributed by atoms with Gasteiger partial charge in [0.25, 0.3) is 0 Å². The van der Waals surface area contributed by atoms with Crippen molar-refractivity contribution < 1.29 is 27.5 Å². The molecule has 0 aromatic carbocycles. The van der Waals surface area contributed by atoms with Crippen molar-refractivity contribution in [1.82, 2.24) is 9.80 Å². The Bertz CT molecular complexity index is 428. The third kappa shape index (κ3) is 3.91. The number of piperidine rings is 1. The predicted octanol–water partition coefficient (Wildman–Crippen LogP) is 1.42. The lowest BCUT2D eigenvalue weighted by Gasteiger charge is -2.36. The van der Waals surface area contributed by atoms with Crippen molar-refractivity contribution in [2.45, 2.75) is 37.9 Å². The first-order chi connectivity index (χ1) is 10.3. The van der Waals surface area contributed by atoms with Gasteiger partial charge in [-0.1, -0.05) is 0 Å². The summed E-state index contributed by atoms with van der Waals surface area (Å²) in [5.41, 5.74) is 0. The van der Waals surface area contributed by atoms with Crippen molar-refractivity contribution in [3.63, 3.8) is 0 Å². The fraction of sp³-hybridized carbons (Fsp3) is 0.857. The van der Waals surface area contributed by atoms with E-state index < -0.39 is 24.1 Å². The summed E-state index contributed by atoms with van der Waals surface area (Å²) in [5.74, 6) is -1.92. The van der Waals surface area contributed by atoms with Crippen LogP contribution in [0.5, 0.6) is 0 Å². The van der Waals surface area contributed by atoms with Crippen molar-refractivity contribution in [1.29, 1.82) is 0 Å². The van der Waals surface area contributed by atoms with Crippen molar-refractivity contribution in [2.24, 2.45) is 5.92 Å². The summed E-state index contributed by atoms with van der Waals surface area (Å²) < 4.78 is 43.1. The van der Waals surface area contributed by atoms with Crippen molar-refractivity contribution in [2.75, 3.05) is 33.3 Å². The summed E-state index contributed by atoms with van der Waals surface area (Å²) in [7, 11) is 1.28. The van der Waals surface area contributed by atoms with E-state index in [0.29, 0.717) is 25.9 Å². The summed E-state index contributed by atoms with van der Waals surface area (Å²) >= 11 is 0. The first-order valence-electron chi connectivity index (χ1n) is 7.49. The van der Waals surface area contributed by atoms with Gasteiger partial charge in [0.15, 0.2) is 0 Å². The average Bonchev–Trinajstić information content (AvgIpc) is 2.85. The molecule has 0 N–H and O–H groups in total. The van der Waals surface area contributed by atoms with Crippen LogP contribution in [0, 0.1) is 5.92 Å². The average molecular weight is 322 g/mol. The molecule has 2 aliphatic rings. The topological polar surface area (TPSA) is 49.9 Å². The quantitative estimate of drug-likeness (QED) is 0.735. The summed E-state index contributed by atoms with van der Waals surface area (Å²) in [6.45, 7) is 1.16. The molecular weight excluding hydrogens is 301 g/mol. The first kappa shape index (κ1) is 17.1. The number of alkyl halides is 3. The van der Waals surface area contributed by atoms with E-state index in [1.807, 2.05) is 0 Å². The lowest BCUT2D eigenvalue weighted by molar-refractivity contribution is -0.189. The molecular formula is C14H21F3N2O3. The van der Waals surface area contributed by atoms with E-state index in [2.05, 4.69) is 4.74 Å². The number of ether oxygens (including phenoxy) is 1. The van der Waals surface area contributed by atoms with E-state index in [0.717, 1.165) is 0 Å². The Labute approximate surface area is 127 Å². The highest BCUT2D eigenvalue weighted by atomic mass is 19.4. The lowest BCUT2D eigenvalue weighted by atomic mass is 9.96. The zero-order valence-electron chi connectivity index (χ0n) is 12.6. The highest BCUT2D eigenvalue weighted by molar-refractivity contribution is 5.84. The van der Waals surface area contributed by atoms with Crippen LogP contribution in [-0.4, -0.2) is 67.2 Å². The molecule has 2 unspecified atom stereocenters. The molecule has 22 heavy (non-hydrogen) atoms. The van der Waals surface area contributed by atoms with Gasteiger partial charge in [0.1, 0.15) is 0 Å². The zero-order chi connectivity index (χ0) is 16.3. The summed E-state index contributed by atoms with van der Waals surface area (Å²) in [6, 6.07) is -0.484. The molecule has 0 bridgehead atoms. The smallest absolute Gasteiger partial charge is 0.393 e. The standard InChI is InChI=1S/C14H21F3N2O3/c1-22-12(20)5-8-18-7-4-11(13(18)21)19-6-2-3-10(9-19)14(15,16)17/h10-11H,2-9H2,1H3. The number of carbonyl (C=O) groups excluding carboxylic acids is 2. The van der Waals surface area contributed by atoms with E-state index in [9.17, 15) is 22.8 Å². The lowest BCUT2D eigenvalue weighted by Crippen LogP contribution is -2.49. The molecule has 1 amide bonds. The molecule has 2 atom stereocenters. The second kappa shape index (κ2) is 6.85. The Morgan fingerprint density at radius 1 is 1.32 bits per heavy atom. The van der Waals surface area contributed by atoms with Crippen molar-refractivity contribution >= 4 is 11.9 Å². The number of likely N-dealkylation sites (tertiary alicyclic amines) is 2. The van der Waals surface area contributed by atoms with Gasteiger partial charge in [-0.05, 0) is 25.8 Å². The molecule has 0 spiro atoms. The van der Waals surface area contributed by atoms with Crippen LogP contribution in [0.1, 0.15) is 25.7 Å². The fourth-order valence-corrected chi connectivity index (χ4v) is 3.17. The number of methoxy groups -OCH3 is 1. The molecule has 2 saturated heterocycles. The van der Waals surface area contributed by atoms with E-state index in [1.165, 1.54) is 7.11 Å². The normalized spacial score (nSPS) is 27.3. The Kier molecular flexibility index (Phi) is 5.31. The summed E-state index contributed by atoms with van der Waals surface area (Å²) in [5, 5.41) is 0. The van der Waals surface area contributed by atoms with Gasteiger partial charge in [0, 0.05) is 19.6 Å². The maximum absolute atomic E-state index is 12.9. The largest absolute Gasteiger partial charge is 0.469 e. The van der Waals surface area contributed by atoms with Crippen LogP contribution in [0.3, 0.4) is 0 Å². The maximum Gasteiger partial charge on any atom is 0.393 e. The second-order valence-electron chi connectivity index (χ2n) is 5.83. The van der Waals surface area contributed by atoms with Gasteiger partial charge >= 0.3 is 12.1 Å². The number of esters is 1. The second-order valence-corrected chi connectivity index (χ2v) is 5.83. The number of hydrogen-bond acceptors (Lipinski definition) is 4. The minimum Gasteiger partial charge on any atom is -0.469 e. The Hall–Kier alpha value is -1.31. The third-order valence-corrected chi connectivity index (χ3v) is 4.44. The number of nitrogens with zero attached hydrogens (tertiary/aromatic N) is 2. The van der Waals surface area contributed by atoms with Gasteiger partial charge in [-0.15, -0.1) is 0 Å². The van der Waals surface area contributed by atoms with Crippen LogP contribution in [0.25, 0.3) is 0 Å². The van der Waals surface area contributed by atoms with Crippen LogP contribution in [-0.2, 0) is 14.3 Å². The molecule has 0 aromatic heterocycles. The van der Waals surface area contributed by atoms with Crippen LogP contribution in [0.15, 0.2) is 0 Å². The van der Waals surface area contributed by atoms with E-state index >= 15 is 0 Å². The first-order valence-corrected chi connectivity index (χ1v) is 7.49. The SMILES string of the molecule is COC(=O)CCN1CCC(N2CCCC(C(F)(F)F)C2)C1=O. The Morgan fingerprint density at radius 3 is 2.68 bits per heavy atom. The number of hydrogen-bond donors (Lipinski definition) is 0. The van der Waals surface area contributed by atoms with Crippen LogP contribution in [0.2, 0.25) is 0 Å². The highest BCUT2D eigenvalue weighted by Gasteiger charge is 2.45. The molecule has 0 aliphatic carbocycles. The molecule has 0 radical (unpaired) electrons. The number of amides is 1. The molecule has 8 heteroatoms. The Balaban J connectivity index is 1.90. The maximum atomic E-state index is 12.9. The van der Waals surface area contributed by atoms with E-state index in [4.69, 9.17) is 0 Å². The van der Waals surface area contributed by atoms with Crippen LogP contribution < -0.4 is 0 Å². The predicted molar refractivity (Wildman–Crippen MR) is 72.0 cm³/mol. The van der Waals surface area contributed by atoms with Crippen LogP contribution in [0.4, 0.5) is 13.2 Å². The molecule has 0 saturated carbocycles. The number of carbonyl (C=O) groups is 2. The van der Waals surface area contributed by atoms with E-state index in [1.54, 1.807) is 9.80 Å². The van der Waals surface area contributed by atoms with E-state index in [-0.39, 0.29) is 31.8 Å². The molecule has 0 aromatic rings. The summed E-state index contributed by atoms with van der Waals surface area (Å²) in [4.78, 5) is 26.6. The molecule has 2 rings (SSSR count). The number of halogens is 3. The van der Waals surface area contributed by atoms with Gasteiger partial charge in [0.2, 0.25) is 5.91 Å². The number of rotatable bonds is 4. The van der Waals surface area contributed by atoms with Crippen molar-refractivity contribution in [3.8, 4) is 0 Å². The van der Waals surface area contributed by atoms with Crippen LogP contribution >= 0.6 is 0 Å². The van der Waals surface area contributed by atoms with Crippen molar-refractivity contribution in [3.05, 3.63) is 0 Å². The monoisotopic (exact) mass is 322 g/mol.